The Bertz CT molecular complexity index is 503. The second-order valence-electron chi connectivity index (χ2n) is 5.16. The van der Waals surface area contributed by atoms with Crippen LogP contribution in [0.5, 0.6) is 0 Å². The smallest absolute Gasteiger partial charge is 0.237 e. The Balaban J connectivity index is 2.69. The summed E-state index contributed by atoms with van der Waals surface area (Å²) in [5, 5.41) is 2.94. The molecule has 0 aliphatic carbocycles. The number of amides is 1. The molecule has 1 amide bonds. The molecule has 1 rings (SSSR count). The molecular formula is C16H25NO2S2. The van der Waals surface area contributed by atoms with E-state index in [9.17, 15) is 9.00 Å². The lowest BCUT2D eigenvalue weighted by Gasteiger charge is -2.15. The van der Waals surface area contributed by atoms with Gasteiger partial charge in [0.25, 0.3) is 0 Å². The molecule has 0 radical (unpaired) electrons. The summed E-state index contributed by atoms with van der Waals surface area (Å²) in [4.78, 5) is 12.2. The number of anilines is 1. The SMILES string of the molecule is CCCCS[C@@H](C)C(=O)Nc1cccc(C[S@@](C)=O)c1C. The highest BCUT2D eigenvalue weighted by Crippen LogP contribution is 2.22. The van der Waals surface area contributed by atoms with Gasteiger partial charge in [-0.05, 0) is 43.2 Å². The fourth-order valence-corrected chi connectivity index (χ4v) is 3.68. The van der Waals surface area contributed by atoms with E-state index < -0.39 is 10.8 Å². The molecule has 5 heteroatoms. The van der Waals surface area contributed by atoms with Crippen LogP contribution in [-0.2, 0) is 21.3 Å². The first-order chi connectivity index (χ1) is 9.95. The van der Waals surface area contributed by atoms with Crippen LogP contribution in [0.15, 0.2) is 18.2 Å². The Morgan fingerprint density at radius 3 is 2.76 bits per heavy atom. The fourth-order valence-electron chi connectivity index (χ4n) is 1.91. The minimum Gasteiger partial charge on any atom is -0.325 e. The highest BCUT2D eigenvalue weighted by atomic mass is 32.2. The summed E-state index contributed by atoms with van der Waals surface area (Å²) in [6.45, 7) is 6.06. The molecule has 0 aliphatic rings. The van der Waals surface area contributed by atoms with Crippen LogP contribution in [0.3, 0.4) is 0 Å². The van der Waals surface area contributed by atoms with E-state index in [1.807, 2.05) is 32.0 Å². The lowest BCUT2D eigenvalue weighted by molar-refractivity contribution is -0.115. The molecular weight excluding hydrogens is 302 g/mol. The molecule has 0 aliphatic heterocycles. The highest BCUT2D eigenvalue weighted by Gasteiger charge is 2.15. The zero-order chi connectivity index (χ0) is 15.8. The monoisotopic (exact) mass is 327 g/mol. The zero-order valence-corrected chi connectivity index (χ0v) is 14.9. The maximum absolute atomic E-state index is 12.2. The van der Waals surface area contributed by atoms with Crippen molar-refractivity contribution >= 4 is 34.2 Å². The van der Waals surface area contributed by atoms with Crippen molar-refractivity contribution in [3.05, 3.63) is 29.3 Å². The third kappa shape index (κ3) is 6.22. The first-order valence-corrected chi connectivity index (χ1v) is 10.0. The Hall–Kier alpha value is -0.810. The summed E-state index contributed by atoms with van der Waals surface area (Å²) in [5.41, 5.74) is 2.86. The van der Waals surface area contributed by atoms with E-state index in [-0.39, 0.29) is 11.2 Å². The molecule has 0 bridgehead atoms. The van der Waals surface area contributed by atoms with E-state index in [4.69, 9.17) is 0 Å². The second kappa shape index (κ2) is 9.26. The fraction of sp³-hybridized carbons (Fsp3) is 0.562. The number of thioether (sulfide) groups is 1. The van der Waals surface area contributed by atoms with Crippen molar-refractivity contribution < 1.29 is 9.00 Å². The largest absolute Gasteiger partial charge is 0.325 e. The van der Waals surface area contributed by atoms with Crippen LogP contribution in [-0.4, -0.2) is 27.4 Å². The minimum absolute atomic E-state index is 0.0361. The topological polar surface area (TPSA) is 46.2 Å². The van der Waals surface area contributed by atoms with Gasteiger partial charge in [0, 0.05) is 28.5 Å². The number of benzene rings is 1. The van der Waals surface area contributed by atoms with E-state index in [0.29, 0.717) is 5.75 Å². The quantitative estimate of drug-likeness (QED) is 0.740. The molecule has 0 spiro atoms. The van der Waals surface area contributed by atoms with Crippen LogP contribution in [0, 0.1) is 6.92 Å². The van der Waals surface area contributed by atoms with Crippen molar-refractivity contribution in [2.75, 3.05) is 17.3 Å². The predicted octanol–water partition coefficient (Wildman–Crippen LogP) is 3.73. The number of carbonyl (C=O) groups is 1. The highest BCUT2D eigenvalue weighted by molar-refractivity contribution is 8.00. The summed E-state index contributed by atoms with van der Waals surface area (Å²) in [7, 11) is -0.879. The first-order valence-electron chi connectivity index (χ1n) is 7.26. The van der Waals surface area contributed by atoms with Gasteiger partial charge in [0.2, 0.25) is 5.91 Å². The van der Waals surface area contributed by atoms with Gasteiger partial charge in [0.15, 0.2) is 0 Å². The van der Waals surface area contributed by atoms with E-state index in [0.717, 1.165) is 35.4 Å². The van der Waals surface area contributed by atoms with E-state index in [1.165, 1.54) is 0 Å². The van der Waals surface area contributed by atoms with Gasteiger partial charge in [-0.25, -0.2) is 0 Å². The first kappa shape index (κ1) is 18.2. The van der Waals surface area contributed by atoms with Gasteiger partial charge in [-0.15, -0.1) is 11.8 Å². The molecule has 0 aromatic heterocycles. The third-order valence-electron chi connectivity index (χ3n) is 3.30. The Morgan fingerprint density at radius 1 is 1.43 bits per heavy atom. The lowest BCUT2D eigenvalue weighted by atomic mass is 10.1. The van der Waals surface area contributed by atoms with Gasteiger partial charge in [-0.2, -0.15) is 0 Å². The van der Waals surface area contributed by atoms with Crippen molar-refractivity contribution in [3.63, 3.8) is 0 Å². The molecule has 0 heterocycles. The van der Waals surface area contributed by atoms with Gasteiger partial charge in [0.1, 0.15) is 0 Å². The van der Waals surface area contributed by atoms with Gasteiger partial charge in [-0.1, -0.05) is 25.5 Å². The second-order valence-corrected chi connectivity index (χ2v) is 8.05. The molecule has 0 fully saturated rings. The summed E-state index contributed by atoms with van der Waals surface area (Å²) in [6.07, 6.45) is 3.98. The zero-order valence-electron chi connectivity index (χ0n) is 13.3. The normalized spacial score (nSPS) is 13.7. The molecule has 21 heavy (non-hydrogen) atoms. The number of nitrogens with one attached hydrogen (secondary N) is 1. The Morgan fingerprint density at radius 2 is 2.14 bits per heavy atom. The van der Waals surface area contributed by atoms with Crippen LogP contribution in [0.4, 0.5) is 5.69 Å². The molecule has 3 nitrogen and oxygen atoms in total. The maximum atomic E-state index is 12.2. The summed E-state index contributed by atoms with van der Waals surface area (Å²) >= 11 is 1.69. The van der Waals surface area contributed by atoms with Crippen molar-refractivity contribution in [3.8, 4) is 0 Å². The van der Waals surface area contributed by atoms with Gasteiger partial charge >= 0.3 is 0 Å². The van der Waals surface area contributed by atoms with Gasteiger partial charge < -0.3 is 5.32 Å². The third-order valence-corrected chi connectivity index (χ3v) is 5.25. The molecule has 1 aromatic carbocycles. The standard InChI is InChI=1S/C16H25NO2S2/c1-5-6-10-20-13(3)16(18)17-15-9-7-8-14(12(15)2)11-21(4)19/h7-9,13H,5-6,10-11H2,1-4H3,(H,17,18)/t13-,21+/m0/s1. The summed E-state index contributed by atoms with van der Waals surface area (Å²) in [6, 6.07) is 5.77. The summed E-state index contributed by atoms with van der Waals surface area (Å²) < 4.78 is 11.4. The van der Waals surface area contributed by atoms with Crippen molar-refractivity contribution in [1.82, 2.24) is 0 Å². The van der Waals surface area contributed by atoms with Gasteiger partial charge in [0.05, 0.1) is 5.25 Å². The van der Waals surface area contributed by atoms with Crippen molar-refractivity contribution in [2.24, 2.45) is 0 Å². The summed E-state index contributed by atoms with van der Waals surface area (Å²) in [5.74, 6) is 1.57. The lowest BCUT2D eigenvalue weighted by Crippen LogP contribution is -2.23. The van der Waals surface area contributed by atoms with E-state index in [1.54, 1.807) is 18.0 Å². The predicted molar refractivity (Wildman–Crippen MR) is 94.4 cm³/mol. The van der Waals surface area contributed by atoms with Crippen molar-refractivity contribution in [1.29, 1.82) is 0 Å². The van der Waals surface area contributed by atoms with Crippen LogP contribution in [0.1, 0.15) is 37.8 Å². The Kier molecular flexibility index (Phi) is 8.04. The molecule has 0 unspecified atom stereocenters. The number of hydrogen-bond donors (Lipinski definition) is 1. The molecule has 1 N–H and O–H groups in total. The van der Waals surface area contributed by atoms with Crippen LogP contribution >= 0.6 is 11.8 Å². The molecule has 2 atom stereocenters. The number of rotatable bonds is 8. The minimum atomic E-state index is -0.879. The average Bonchev–Trinajstić information content (AvgIpc) is 2.42. The molecule has 0 saturated heterocycles. The van der Waals surface area contributed by atoms with Gasteiger partial charge in [-0.3, -0.25) is 9.00 Å². The van der Waals surface area contributed by atoms with Crippen LogP contribution < -0.4 is 5.32 Å². The van der Waals surface area contributed by atoms with Crippen LogP contribution in [0.25, 0.3) is 0 Å². The average molecular weight is 328 g/mol. The maximum Gasteiger partial charge on any atom is 0.237 e. The molecule has 1 aromatic rings. The Labute approximate surface area is 134 Å². The number of carbonyl (C=O) groups excluding carboxylic acids is 1. The molecule has 0 saturated carbocycles. The van der Waals surface area contributed by atoms with Crippen LogP contribution in [0.2, 0.25) is 0 Å². The van der Waals surface area contributed by atoms with E-state index in [2.05, 4.69) is 12.2 Å². The van der Waals surface area contributed by atoms with Crippen molar-refractivity contribution in [2.45, 2.75) is 44.6 Å². The number of unbranched alkanes of at least 4 members (excludes halogenated alkanes) is 1. The molecule has 118 valence electrons. The van der Waals surface area contributed by atoms with E-state index >= 15 is 0 Å². The number of hydrogen-bond acceptors (Lipinski definition) is 3.